The summed E-state index contributed by atoms with van der Waals surface area (Å²) in [7, 11) is 0. The molecule has 0 radical (unpaired) electrons. The van der Waals surface area contributed by atoms with Crippen LogP contribution in [0.3, 0.4) is 0 Å². The molecule has 0 aliphatic carbocycles. The van der Waals surface area contributed by atoms with Gasteiger partial charge in [0.25, 0.3) is 5.91 Å². The highest BCUT2D eigenvalue weighted by Crippen LogP contribution is 2.33. The van der Waals surface area contributed by atoms with Gasteiger partial charge in [-0.1, -0.05) is 6.92 Å². The lowest BCUT2D eigenvalue weighted by Gasteiger charge is -2.23. The third-order valence-electron chi connectivity index (χ3n) is 4.76. The number of likely N-dealkylation sites (N-methyl/N-ethyl adjacent to an activating group) is 1. The van der Waals surface area contributed by atoms with Gasteiger partial charge in [0.15, 0.2) is 0 Å². The Kier molecular flexibility index (Phi) is 5.54. The number of anilines is 1. The number of fused-ring (bicyclic) bond motifs is 1. The van der Waals surface area contributed by atoms with Gasteiger partial charge in [0.05, 0.1) is 10.3 Å². The summed E-state index contributed by atoms with van der Waals surface area (Å²) in [5.74, 6) is 0.805. The van der Waals surface area contributed by atoms with Crippen LogP contribution in [-0.2, 0) is 0 Å². The van der Waals surface area contributed by atoms with Crippen LogP contribution in [0.2, 0.25) is 0 Å². The van der Waals surface area contributed by atoms with Crippen molar-refractivity contribution in [1.82, 2.24) is 20.2 Å². The number of carbonyl (C=O) groups excluding carboxylic acids is 1. The number of thiophene rings is 1. The maximum absolute atomic E-state index is 12.4. The van der Waals surface area contributed by atoms with E-state index in [1.54, 1.807) is 6.33 Å². The standard InChI is InChI=1S/C18H27N5OS/c1-5-23-8-6-7-13(23)9-19-16-14-12(4)15(17(24)22-11(2)3)25-18(14)21-10-20-16/h10-11,13H,5-9H2,1-4H3,(H,22,24)(H,19,20,21). The SMILES string of the molecule is CCN1CCCC1CNc1ncnc2sc(C(=O)NC(C)C)c(C)c12. The fraction of sp³-hybridized carbons (Fsp3) is 0.611. The summed E-state index contributed by atoms with van der Waals surface area (Å²) < 4.78 is 0. The largest absolute Gasteiger partial charge is 0.368 e. The molecular weight excluding hydrogens is 334 g/mol. The number of hydrogen-bond acceptors (Lipinski definition) is 6. The topological polar surface area (TPSA) is 70.1 Å². The lowest BCUT2D eigenvalue weighted by molar-refractivity contribution is 0.0947. The summed E-state index contributed by atoms with van der Waals surface area (Å²) in [4.78, 5) is 25.3. The van der Waals surface area contributed by atoms with Crippen molar-refractivity contribution >= 4 is 33.3 Å². The zero-order chi connectivity index (χ0) is 18.0. The lowest BCUT2D eigenvalue weighted by atomic mass is 10.1. The monoisotopic (exact) mass is 361 g/mol. The Morgan fingerprint density at radius 1 is 1.44 bits per heavy atom. The van der Waals surface area contributed by atoms with E-state index in [-0.39, 0.29) is 11.9 Å². The fourth-order valence-corrected chi connectivity index (χ4v) is 4.56. The van der Waals surface area contributed by atoms with E-state index in [1.165, 1.54) is 30.7 Å². The average molecular weight is 362 g/mol. The number of likely N-dealkylation sites (tertiary alicyclic amines) is 1. The van der Waals surface area contributed by atoms with Gasteiger partial charge < -0.3 is 10.6 Å². The van der Waals surface area contributed by atoms with Crippen LogP contribution in [0, 0.1) is 6.92 Å². The van der Waals surface area contributed by atoms with Crippen molar-refractivity contribution in [2.24, 2.45) is 0 Å². The highest BCUT2D eigenvalue weighted by molar-refractivity contribution is 7.20. The van der Waals surface area contributed by atoms with Crippen molar-refractivity contribution in [3.63, 3.8) is 0 Å². The van der Waals surface area contributed by atoms with Gasteiger partial charge in [-0.3, -0.25) is 9.69 Å². The summed E-state index contributed by atoms with van der Waals surface area (Å²) in [6.07, 6.45) is 4.06. The molecule has 2 aromatic heterocycles. The minimum absolute atomic E-state index is 0.0330. The fourth-order valence-electron chi connectivity index (χ4n) is 3.51. The van der Waals surface area contributed by atoms with E-state index in [0.29, 0.717) is 6.04 Å². The molecule has 1 saturated heterocycles. The van der Waals surface area contributed by atoms with Crippen LogP contribution in [0.5, 0.6) is 0 Å². The number of carbonyl (C=O) groups is 1. The molecule has 1 amide bonds. The first kappa shape index (κ1) is 18.1. The predicted octanol–water partition coefficient (Wildman–Crippen LogP) is 3.03. The normalized spacial score (nSPS) is 18.2. The maximum atomic E-state index is 12.4. The Labute approximate surface area is 153 Å². The third-order valence-corrected chi connectivity index (χ3v) is 5.96. The van der Waals surface area contributed by atoms with Crippen molar-refractivity contribution in [2.75, 3.05) is 25.0 Å². The van der Waals surface area contributed by atoms with E-state index < -0.39 is 0 Å². The number of aryl methyl sites for hydroxylation is 1. The molecule has 25 heavy (non-hydrogen) atoms. The van der Waals surface area contributed by atoms with Crippen molar-refractivity contribution in [3.05, 3.63) is 16.8 Å². The van der Waals surface area contributed by atoms with Gasteiger partial charge in [0.2, 0.25) is 0 Å². The van der Waals surface area contributed by atoms with E-state index in [9.17, 15) is 4.79 Å². The maximum Gasteiger partial charge on any atom is 0.261 e. The molecular formula is C18H27N5OS. The molecule has 0 aromatic carbocycles. The smallest absolute Gasteiger partial charge is 0.261 e. The van der Waals surface area contributed by atoms with Gasteiger partial charge in [0.1, 0.15) is 17.0 Å². The zero-order valence-corrected chi connectivity index (χ0v) is 16.2. The molecule has 0 saturated carbocycles. The molecule has 1 fully saturated rings. The van der Waals surface area contributed by atoms with Crippen LogP contribution in [0.1, 0.15) is 48.8 Å². The molecule has 0 bridgehead atoms. The Hall–Kier alpha value is -1.73. The first-order valence-corrected chi connectivity index (χ1v) is 9.85. The van der Waals surface area contributed by atoms with Crippen molar-refractivity contribution < 1.29 is 4.79 Å². The van der Waals surface area contributed by atoms with E-state index in [1.807, 2.05) is 20.8 Å². The second-order valence-corrected chi connectivity index (χ2v) is 7.89. The highest BCUT2D eigenvalue weighted by atomic mass is 32.1. The van der Waals surface area contributed by atoms with Crippen molar-refractivity contribution in [3.8, 4) is 0 Å². The van der Waals surface area contributed by atoms with Crippen molar-refractivity contribution in [1.29, 1.82) is 0 Å². The first-order chi connectivity index (χ1) is 12.0. The van der Waals surface area contributed by atoms with E-state index >= 15 is 0 Å². The molecule has 2 aromatic rings. The van der Waals surface area contributed by atoms with Crippen LogP contribution in [-0.4, -0.2) is 52.5 Å². The number of rotatable bonds is 6. The minimum atomic E-state index is -0.0330. The third kappa shape index (κ3) is 3.77. The summed E-state index contributed by atoms with van der Waals surface area (Å²) in [5, 5.41) is 7.45. The summed E-state index contributed by atoms with van der Waals surface area (Å²) >= 11 is 1.44. The number of nitrogens with one attached hydrogen (secondary N) is 2. The van der Waals surface area contributed by atoms with E-state index in [0.717, 1.165) is 39.6 Å². The minimum Gasteiger partial charge on any atom is -0.368 e. The Balaban J connectivity index is 1.84. The van der Waals surface area contributed by atoms with E-state index in [4.69, 9.17) is 0 Å². The Morgan fingerprint density at radius 2 is 2.24 bits per heavy atom. The van der Waals surface area contributed by atoms with Gasteiger partial charge >= 0.3 is 0 Å². The quantitative estimate of drug-likeness (QED) is 0.828. The molecule has 7 heteroatoms. The lowest BCUT2D eigenvalue weighted by Crippen LogP contribution is -2.34. The highest BCUT2D eigenvalue weighted by Gasteiger charge is 2.24. The van der Waals surface area contributed by atoms with Crippen molar-refractivity contribution in [2.45, 2.75) is 52.6 Å². The molecule has 6 nitrogen and oxygen atoms in total. The molecule has 1 aliphatic heterocycles. The van der Waals surface area contributed by atoms with Gasteiger partial charge in [-0.25, -0.2) is 9.97 Å². The molecule has 136 valence electrons. The Bertz CT molecular complexity index is 757. The number of amides is 1. The number of hydrogen-bond donors (Lipinski definition) is 2. The molecule has 2 N–H and O–H groups in total. The van der Waals surface area contributed by atoms with Gasteiger partial charge in [-0.2, -0.15) is 0 Å². The van der Waals surface area contributed by atoms with Crippen LogP contribution in [0.25, 0.3) is 10.2 Å². The van der Waals surface area contributed by atoms with Crippen LogP contribution in [0.15, 0.2) is 6.33 Å². The second kappa shape index (κ2) is 7.66. The predicted molar refractivity (Wildman–Crippen MR) is 104 cm³/mol. The van der Waals surface area contributed by atoms with Gasteiger partial charge in [-0.05, 0) is 52.3 Å². The van der Waals surface area contributed by atoms with Gasteiger partial charge in [0, 0.05) is 18.6 Å². The summed E-state index contributed by atoms with van der Waals surface area (Å²) in [6.45, 7) is 11.3. The molecule has 3 heterocycles. The second-order valence-electron chi connectivity index (χ2n) is 6.89. The van der Waals surface area contributed by atoms with E-state index in [2.05, 4.69) is 32.4 Å². The van der Waals surface area contributed by atoms with Crippen LogP contribution in [0.4, 0.5) is 5.82 Å². The summed E-state index contributed by atoms with van der Waals surface area (Å²) in [5.41, 5.74) is 0.958. The number of aromatic nitrogens is 2. The summed E-state index contributed by atoms with van der Waals surface area (Å²) in [6, 6.07) is 0.667. The molecule has 1 aliphatic rings. The van der Waals surface area contributed by atoms with Crippen LogP contribution >= 0.6 is 11.3 Å². The van der Waals surface area contributed by atoms with Crippen LogP contribution < -0.4 is 10.6 Å². The molecule has 1 unspecified atom stereocenters. The Morgan fingerprint density at radius 3 is 2.96 bits per heavy atom. The molecule has 0 spiro atoms. The van der Waals surface area contributed by atoms with Gasteiger partial charge in [-0.15, -0.1) is 11.3 Å². The zero-order valence-electron chi connectivity index (χ0n) is 15.4. The number of nitrogens with zero attached hydrogens (tertiary/aromatic N) is 3. The molecule has 1 atom stereocenters. The average Bonchev–Trinajstić information content (AvgIpc) is 3.16. The first-order valence-electron chi connectivity index (χ1n) is 9.04. The molecule has 3 rings (SSSR count).